The molecule has 0 rings (SSSR count). The highest BCUT2D eigenvalue weighted by Crippen LogP contribution is 2.06. The average Bonchev–Trinajstić information content (AvgIpc) is 2.24. The molecule has 0 saturated carbocycles. The van der Waals surface area contributed by atoms with Crippen LogP contribution in [0.25, 0.3) is 0 Å². The average molecular weight is 228 g/mol. The van der Waals surface area contributed by atoms with Crippen LogP contribution in [0.5, 0.6) is 0 Å². The van der Waals surface area contributed by atoms with Gasteiger partial charge in [0.1, 0.15) is 6.04 Å². The van der Waals surface area contributed by atoms with Crippen molar-refractivity contribution in [3.8, 4) is 0 Å². The molecule has 2 atom stereocenters. The van der Waals surface area contributed by atoms with E-state index >= 15 is 0 Å². The third-order valence-corrected chi connectivity index (χ3v) is 2.31. The molecular formula is C11H20N2O3. The molecule has 0 aliphatic rings. The highest BCUT2D eigenvalue weighted by molar-refractivity contribution is 5.84. The van der Waals surface area contributed by atoms with Gasteiger partial charge in [0.15, 0.2) is 0 Å². The Bertz CT molecular complexity index is 254. The SMILES string of the molecule is C=CCC(NC(=O)C(C)CCCN)C(=O)O. The first-order chi connectivity index (χ1) is 7.52. The van der Waals surface area contributed by atoms with Gasteiger partial charge in [-0.2, -0.15) is 0 Å². The lowest BCUT2D eigenvalue weighted by Crippen LogP contribution is -2.42. The fourth-order valence-electron chi connectivity index (χ4n) is 1.26. The predicted molar refractivity (Wildman–Crippen MR) is 61.8 cm³/mol. The first-order valence-corrected chi connectivity index (χ1v) is 5.37. The summed E-state index contributed by atoms with van der Waals surface area (Å²) >= 11 is 0. The van der Waals surface area contributed by atoms with Gasteiger partial charge in [0, 0.05) is 5.92 Å². The molecule has 0 aliphatic heterocycles. The zero-order valence-electron chi connectivity index (χ0n) is 9.61. The Morgan fingerprint density at radius 3 is 2.62 bits per heavy atom. The summed E-state index contributed by atoms with van der Waals surface area (Å²) in [4.78, 5) is 22.4. The van der Waals surface area contributed by atoms with Gasteiger partial charge in [-0.1, -0.05) is 13.0 Å². The van der Waals surface area contributed by atoms with E-state index in [1.807, 2.05) is 0 Å². The smallest absolute Gasteiger partial charge is 0.326 e. The molecule has 0 bridgehead atoms. The lowest BCUT2D eigenvalue weighted by Gasteiger charge is -2.16. The largest absolute Gasteiger partial charge is 0.480 e. The summed E-state index contributed by atoms with van der Waals surface area (Å²) < 4.78 is 0. The van der Waals surface area contributed by atoms with Crippen molar-refractivity contribution in [2.45, 2.75) is 32.2 Å². The van der Waals surface area contributed by atoms with Gasteiger partial charge >= 0.3 is 5.97 Å². The van der Waals surface area contributed by atoms with Crippen molar-refractivity contribution < 1.29 is 14.7 Å². The molecule has 16 heavy (non-hydrogen) atoms. The number of aliphatic carboxylic acids is 1. The fourth-order valence-corrected chi connectivity index (χ4v) is 1.26. The van der Waals surface area contributed by atoms with Gasteiger partial charge in [0.25, 0.3) is 0 Å². The quantitative estimate of drug-likeness (QED) is 0.528. The van der Waals surface area contributed by atoms with Gasteiger partial charge in [-0.05, 0) is 25.8 Å². The van der Waals surface area contributed by atoms with E-state index in [0.29, 0.717) is 13.0 Å². The molecule has 0 aromatic heterocycles. The second kappa shape index (κ2) is 7.87. The Morgan fingerprint density at radius 1 is 1.56 bits per heavy atom. The van der Waals surface area contributed by atoms with Crippen LogP contribution < -0.4 is 11.1 Å². The number of amides is 1. The number of carbonyl (C=O) groups excluding carboxylic acids is 1. The predicted octanol–water partition coefficient (Wildman–Crippen LogP) is 0.507. The summed E-state index contributed by atoms with van der Waals surface area (Å²) in [5.74, 6) is -1.50. The highest BCUT2D eigenvalue weighted by Gasteiger charge is 2.21. The van der Waals surface area contributed by atoms with Gasteiger partial charge in [0.05, 0.1) is 0 Å². The Labute approximate surface area is 95.7 Å². The lowest BCUT2D eigenvalue weighted by atomic mass is 10.0. The van der Waals surface area contributed by atoms with Crippen LogP contribution in [0, 0.1) is 5.92 Å². The molecule has 5 nitrogen and oxygen atoms in total. The lowest BCUT2D eigenvalue weighted by molar-refractivity contribution is -0.142. The Hall–Kier alpha value is -1.36. The maximum Gasteiger partial charge on any atom is 0.326 e. The van der Waals surface area contributed by atoms with Gasteiger partial charge in [0.2, 0.25) is 5.91 Å². The third kappa shape index (κ3) is 5.50. The van der Waals surface area contributed by atoms with Crippen LogP contribution in [0.2, 0.25) is 0 Å². The Balaban J connectivity index is 4.17. The van der Waals surface area contributed by atoms with Gasteiger partial charge in [-0.25, -0.2) is 4.79 Å². The maximum atomic E-state index is 11.6. The topological polar surface area (TPSA) is 92.4 Å². The van der Waals surface area contributed by atoms with E-state index in [0.717, 1.165) is 6.42 Å². The van der Waals surface area contributed by atoms with Crippen LogP contribution in [0.4, 0.5) is 0 Å². The van der Waals surface area contributed by atoms with E-state index in [1.165, 1.54) is 6.08 Å². The van der Waals surface area contributed by atoms with E-state index in [2.05, 4.69) is 11.9 Å². The minimum Gasteiger partial charge on any atom is -0.480 e. The second-order valence-corrected chi connectivity index (χ2v) is 3.76. The molecule has 4 N–H and O–H groups in total. The number of nitrogens with two attached hydrogens (primary N) is 1. The molecular weight excluding hydrogens is 208 g/mol. The van der Waals surface area contributed by atoms with E-state index in [9.17, 15) is 9.59 Å². The fraction of sp³-hybridized carbons (Fsp3) is 0.636. The summed E-state index contributed by atoms with van der Waals surface area (Å²) in [6, 6.07) is -0.884. The molecule has 92 valence electrons. The van der Waals surface area contributed by atoms with Gasteiger partial charge in [-0.3, -0.25) is 4.79 Å². The second-order valence-electron chi connectivity index (χ2n) is 3.76. The van der Waals surface area contributed by atoms with E-state index in [1.54, 1.807) is 6.92 Å². The Kier molecular flexibility index (Phi) is 7.20. The number of nitrogens with one attached hydrogen (secondary N) is 1. The van der Waals surface area contributed by atoms with Gasteiger partial charge < -0.3 is 16.2 Å². The number of hydrogen-bond donors (Lipinski definition) is 3. The highest BCUT2D eigenvalue weighted by atomic mass is 16.4. The molecule has 0 fully saturated rings. The molecule has 0 aliphatic carbocycles. The summed E-state index contributed by atoms with van der Waals surface area (Å²) in [5.41, 5.74) is 5.34. The molecule has 0 saturated heterocycles. The van der Waals surface area contributed by atoms with Crippen molar-refractivity contribution in [3.63, 3.8) is 0 Å². The van der Waals surface area contributed by atoms with E-state index in [4.69, 9.17) is 10.8 Å². The van der Waals surface area contributed by atoms with Crippen molar-refractivity contribution in [2.75, 3.05) is 6.54 Å². The molecule has 0 aromatic carbocycles. The minimum atomic E-state index is -1.04. The zero-order chi connectivity index (χ0) is 12.6. The number of hydrogen-bond acceptors (Lipinski definition) is 3. The van der Waals surface area contributed by atoms with Crippen LogP contribution in [-0.2, 0) is 9.59 Å². The van der Waals surface area contributed by atoms with Crippen LogP contribution >= 0.6 is 0 Å². The molecule has 0 spiro atoms. The third-order valence-electron chi connectivity index (χ3n) is 2.31. The number of rotatable bonds is 8. The number of carboxylic acids is 1. The first kappa shape index (κ1) is 14.6. The first-order valence-electron chi connectivity index (χ1n) is 5.37. The summed E-state index contributed by atoms with van der Waals surface area (Å²) in [6.45, 7) is 5.75. The van der Waals surface area contributed by atoms with Crippen LogP contribution in [0.15, 0.2) is 12.7 Å². The van der Waals surface area contributed by atoms with E-state index in [-0.39, 0.29) is 18.2 Å². The normalized spacial score (nSPS) is 13.9. The summed E-state index contributed by atoms with van der Waals surface area (Å²) in [5, 5.41) is 11.3. The van der Waals surface area contributed by atoms with Crippen LogP contribution in [0.3, 0.4) is 0 Å². The maximum absolute atomic E-state index is 11.6. The van der Waals surface area contributed by atoms with Crippen molar-refractivity contribution >= 4 is 11.9 Å². The van der Waals surface area contributed by atoms with Crippen LogP contribution in [0.1, 0.15) is 26.2 Å². The Morgan fingerprint density at radius 2 is 2.19 bits per heavy atom. The standard InChI is InChI=1S/C11H20N2O3/c1-3-5-9(11(15)16)13-10(14)8(2)6-4-7-12/h3,8-9H,1,4-7,12H2,2H3,(H,13,14)(H,15,16). The molecule has 0 aromatic rings. The van der Waals surface area contributed by atoms with Gasteiger partial charge in [-0.15, -0.1) is 6.58 Å². The minimum absolute atomic E-state index is 0.213. The van der Waals surface area contributed by atoms with Crippen molar-refractivity contribution in [3.05, 3.63) is 12.7 Å². The van der Waals surface area contributed by atoms with Crippen molar-refractivity contribution in [1.29, 1.82) is 0 Å². The summed E-state index contributed by atoms with van der Waals surface area (Å²) in [7, 11) is 0. The molecule has 5 heteroatoms. The molecule has 2 unspecified atom stereocenters. The van der Waals surface area contributed by atoms with Crippen molar-refractivity contribution in [1.82, 2.24) is 5.32 Å². The summed E-state index contributed by atoms with van der Waals surface area (Å²) in [6.07, 6.45) is 3.13. The van der Waals surface area contributed by atoms with E-state index < -0.39 is 12.0 Å². The monoisotopic (exact) mass is 228 g/mol. The van der Waals surface area contributed by atoms with Crippen molar-refractivity contribution in [2.24, 2.45) is 11.7 Å². The number of carbonyl (C=O) groups is 2. The van der Waals surface area contributed by atoms with Crippen LogP contribution in [-0.4, -0.2) is 29.6 Å². The molecule has 1 amide bonds. The number of carboxylic acid groups (broad SMARTS) is 1. The molecule has 0 radical (unpaired) electrons. The molecule has 0 heterocycles. The zero-order valence-corrected chi connectivity index (χ0v) is 9.61.